The maximum absolute atomic E-state index is 9.76. The average Bonchev–Trinajstić information content (AvgIpc) is 3.26. The fourth-order valence-corrected chi connectivity index (χ4v) is 6.45. The first kappa shape index (κ1) is 24.1. The molecule has 0 spiro atoms. The molecule has 35 heavy (non-hydrogen) atoms. The van der Waals surface area contributed by atoms with Crippen molar-refractivity contribution in [3.05, 3.63) is 59.1 Å². The third-order valence-electron chi connectivity index (χ3n) is 7.45. The number of aromatic hydroxyl groups is 1. The smallest absolute Gasteiger partial charge is 0.180 e. The second-order valence-electron chi connectivity index (χ2n) is 9.78. The highest BCUT2D eigenvalue weighted by Crippen LogP contribution is 2.30. The van der Waals surface area contributed by atoms with E-state index < -0.39 is 0 Å². The molecule has 3 aromatic rings. The first-order chi connectivity index (χ1) is 17.1. The number of thiazole rings is 1. The average molecular weight is 492 g/mol. The Kier molecular flexibility index (Phi) is 7.56. The number of hydrogen-bond acceptors (Lipinski definition) is 7. The van der Waals surface area contributed by atoms with Crippen molar-refractivity contribution in [2.75, 3.05) is 56.4 Å². The zero-order valence-corrected chi connectivity index (χ0v) is 21.5. The van der Waals surface area contributed by atoms with Crippen molar-refractivity contribution in [3.63, 3.8) is 0 Å². The van der Waals surface area contributed by atoms with Crippen molar-refractivity contribution >= 4 is 22.2 Å². The molecular weight excluding hydrogens is 454 g/mol. The van der Waals surface area contributed by atoms with Gasteiger partial charge in [0.1, 0.15) is 5.75 Å². The summed E-state index contributed by atoms with van der Waals surface area (Å²) >= 11 is 1.69. The number of hydrogen-bond donors (Lipinski definition) is 2. The number of anilines is 2. The summed E-state index contributed by atoms with van der Waals surface area (Å²) in [4.78, 5) is 13.8. The van der Waals surface area contributed by atoms with Gasteiger partial charge in [-0.05, 0) is 67.6 Å². The van der Waals surface area contributed by atoms with Crippen molar-refractivity contribution in [3.8, 4) is 16.9 Å². The van der Waals surface area contributed by atoms with E-state index in [-0.39, 0.29) is 0 Å². The predicted molar refractivity (Wildman–Crippen MR) is 146 cm³/mol. The predicted octanol–water partition coefficient (Wildman–Crippen LogP) is 4.49. The normalized spacial score (nSPS) is 18.7. The summed E-state index contributed by atoms with van der Waals surface area (Å²) in [5.74, 6) is 0.307. The maximum atomic E-state index is 9.76. The molecular formula is C28H37N5OS. The molecule has 1 aliphatic carbocycles. The van der Waals surface area contributed by atoms with E-state index in [4.69, 9.17) is 5.73 Å². The number of nitrogens with two attached hydrogens (primary N) is 1. The minimum Gasteiger partial charge on any atom is -0.508 e. The summed E-state index contributed by atoms with van der Waals surface area (Å²) < 4.78 is 0. The van der Waals surface area contributed by atoms with Crippen LogP contribution in [0.25, 0.3) is 11.1 Å². The largest absolute Gasteiger partial charge is 0.508 e. The molecule has 2 heterocycles. The number of nitrogens with zero attached hydrogens (tertiary/aromatic N) is 4. The third kappa shape index (κ3) is 5.80. The van der Waals surface area contributed by atoms with Crippen molar-refractivity contribution in [1.29, 1.82) is 0 Å². The minimum atomic E-state index is 0.307. The van der Waals surface area contributed by atoms with Crippen LogP contribution in [-0.4, -0.2) is 71.7 Å². The number of piperazine rings is 1. The van der Waals surface area contributed by atoms with E-state index in [1.807, 2.05) is 18.2 Å². The number of benzene rings is 2. The molecule has 1 atom stereocenters. The van der Waals surface area contributed by atoms with E-state index in [1.54, 1.807) is 17.4 Å². The van der Waals surface area contributed by atoms with Gasteiger partial charge in [-0.2, -0.15) is 0 Å². The highest BCUT2D eigenvalue weighted by atomic mass is 32.1. The summed E-state index contributed by atoms with van der Waals surface area (Å²) in [5, 5.41) is 10.5. The van der Waals surface area contributed by atoms with E-state index in [0.29, 0.717) is 11.8 Å². The van der Waals surface area contributed by atoms with Gasteiger partial charge in [-0.25, -0.2) is 4.98 Å². The Balaban J connectivity index is 1.12. The first-order valence-electron chi connectivity index (χ1n) is 12.9. The lowest BCUT2D eigenvalue weighted by molar-refractivity contribution is 0.146. The van der Waals surface area contributed by atoms with Crippen molar-refractivity contribution in [1.82, 2.24) is 14.8 Å². The Morgan fingerprint density at radius 1 is 1.06 bits per heavy atom. The van der Waals surface area contributed by atoms with Gasteiger partial charge in [0, 0.05) is 55.9 Å². The lowest BCUT2D eigenvalue weighted by atomic mass is 9.96. The van der Waals surface area contributed by atoms with E-state index in [9.17, 15) is 5.11 Å². The van der Waals surface area contributed by atoms with E-state index in [2.05, 4.69) is 50.9 Å². The topological polar surface area (TPSA) is 68.9 Å². The molecule has 5 rings (SSSR count). The molecule has 0 saturated carbocycles. The number of aryl methyl sites for hydroxylation is 1. The summed E-state index contributed by atoms with van der Waals surface area (Å²) in [7, 11) is 0. The van der Waals surface area contributed by atoms with Crippen LogP contribution in [0.1, 0.15) is 30.3 Å². The Morgan fingerprint density at radius 3 is 2.60 bits per heavy atom. The molecule has 7 heteroatoms. The lowest BCUT2D eigenvalue weighted by Crippen LogP contribution is -2.50. The molecule has 2 aromatic carbocycles. The molecule has 1 aliphatic heterocycles. The highest BCUT2D eigenvalue weighted by molar-refractivity contribution is 7.15. The van der Waals surface area contributed by atoms with Crippen molar-refractivity contribution in [2.45, 2.75) is 38.6 Å². The Morgan fingerprint density at radius 2 is 1.86 bits per heavy atom. The highest BCUT2D eigenvalue weighted by Gasteiger charge is 2.27. The van der Waals surface area contributed by atoms with Gasteiger partial charge in [-0.1, -0.05) is 31.2 Å². The zero-order chi connectivity index (χ0) is 24.2. The van der Waals surface area contributed by atoms with Gasteiger partial charge in [0.05, 0.1) is 5.69 Å². The number of phenolic OH excluding ortho intramolecular Hbond substituents is 1. The van der Waals surface area contributed by atoms with Crippen LogP contribution in [0.2, 0.25) is 0 Å². The molecule has 1 aromatic heterocycles. The van der Waals surface area contributed by atoms with Crippen molar-refractivity contribution < 1.29 is 5.11 Å². The maximum Gasteiger partial charge on any atom is 0.180 e. The molecule has 1 saturated heterocycles. The first-order valence-corrected chi connectivity index (χ1v) is 13.8. The fraction of sp³-hybridized carbons (Fsp3) is 0.464. The standard InChI is InChI=1S/C28H37N5OS/c1-2-12-32(24-10-11-26-27(20-24)35-28(29)30-26)16-13-31-14-17-33(18-15-31)23-8-6-21(7-9-23)22-4-3-5-25(34)19-22/h3-9,19,24,34H,2,10-18,20H2,1H3,(H2,29,30)/t24-/m1/s1. The van der Waals surface area contributed by atoms with Crippen molar-refractivity contribution in [2.24, 2.45) is 0 Å². The molecule has 186 valence electrons. The quantitative estimate of drug-likeness (QED) is 0.484. The Labute approximate surface area is 213 Å². The van der Waals surface area contributed by atoms with Gasteiger partial charge >= 0.3 is 0 Å². The summed E-state index contributed by atoms with van der Waals surface area (Å²) in [6.45, 7) is 10.1. The van der Waals surface area contributed by atoms with Gasteiger partial charge in [-0.3, -0.25) is 9.80 Å². The van der Waals surface area contributed by atoms with Gasteiger partial charge in [0.15, 0.2) is 5.13 Å². The second-order valence-corrected chi connectivity index (χ2v) is 10.9. The van der Waals surface area contributed by atoms with Gasteiger partial charge in [0.2, 0.25) is 0 Å². The number of rotatable bonds is 8. The molecule has 0 unspecified atom stereocenters. The van der Waals surface area contributed by atoms with E-state index >= 15 is 0 Å². The lowest BCUT2D eigenvalue weighted by Gasteiger charge is -2.39. The van der Waals surface area contributed by atoms with E-state index in [0.717, 1.165) is 68.4 Å². The Bertz CT molecular complexity index is 1110. The number of phenols is 1. The van der Waals surface area contributed by atoms with Crippen LogP contribution < -0.4 is 10.6 Å². The second kappa shape index (κ2) is 11.0. The monoisotopic (exact) mass is 491 g/mol. The van der Waals surface area contributed by atoms with Crippen LogP contribution in [-0.2, 0) is 12.8 Å². The number of nitrogen functional groups attached to an aromatic ring is 1. The number of aromatic nitrogens is 1. The van der Waals surface area contributed by atoms with Gasteiger partial charge < -0.3 is 15.7 Å². The van der Waals surface area contributed by atoms with Gasteiger partial charge in [-0.15, -0.1) is 11.3 Å². The molecule has 1 fully saturated rings. The zero-order valence-electron chi connectivity index (χ0n) is 20.7. The minimum absolute atomic E-state index is 0.307. The third-order valence-corrected chi connectivity index (χ3v) is 8.39. The summed E-state index contributed by atoms with van der Waals surface area (Å²) in [6, 6.07) is 16.8. The van der Waals surface area contributed by atoms with Gasteiger partial charge in [0.25, 0.3) is 0 Å². The van der Waals surface area contributed by atoms with Crippen LogP contribution >= 0.6 is 11.3 Å². The molecule has 0 amide bonds. The molecule has 3 N–H and O–H groups in total. The number of fused-ring (bicyclic) bond motifs is 1. The summed E-state index contributed by atoms with van der Waals surface area (Å²) in [5.41, 5.74) is 10.7. The van der Waals surface area contributed by atoms with Crippen LogP contribution in [0.3, 0.4) is 0 Å². The molecule has 2 aliphatic rings. The molecule has 6 nitrogen and oxygen atoms in total. The molecule has 0 bridgehead atoms. The van der Waals surface area contributed by atoms with E-state index in [1.165, 1.54) is 35.6 Å². The molecule has 0 radical (unpaired) electrons. The van der Waals surface area contributed by atoms with Crippen LogP contribution in [0, 0.1) is 0 Å². The SMILES string of the molecule is CCCN(CCN1CCN(c2ccc(-c3cccc(O)c3)cc2)CC1)[C@@H]1CCc2nc(N)sc2C1. The summed E-state index contributed by atoms with van der Waals surface area (Å²) in [6.07, 6.45) is 4.57. The van der Waals surface area contributed by atoms with Crippen LogP contribution in [0.4, 0.5) is 10.8 Å². The fourth-order valence-electron chi connectivity index (χ4n) is 5.50. The Hall–Kier alpha value is -2.61. The van der Waals surface area contributed by atoms with Crippen LogP contribution in [0.5, 0.6) is 5.75 Å². The van der Waals surface area contributed by atoms with Crippen LogP contribution in [0.15, 0.2) is 48.5 Å².